The SMILES string of the molecule is c1ccc(-c2cccc(-c3cccc(-c4cccc(-c5ccccc5)c4)c3N3c4cc(N(c5ccccc5)c5cccc6ccccc56)ccc4B4c5ccc(N(c6ccccc6)c6cccc7ccccc67)cc5N(c5c(-c6cccc(-c7ccccc7)c6)cccc5-c5cccc(-c6ccccc6)c5)c5cc(-c6ccc7ccccc7c6)cc3c54)c2)cc1. The van der Waals surface area contributed by atoms with Crippen LogP contribution in [0.2, 0.25) is 0 Å². The summed E-state index contributed by atoms with van der Waals surface area (Å²) in [5, 5.41) is 6.95. The van der Waals surface area contributed by atoms with Crippen LogP contribution in [-0.4, -0.2) is 6.71 Å². The lowest BCUT2D eigenvalue weighted by Crippen LogP contribution is -2.61. The molecule has 23 rings (SSSR count). The number of fused-ring (bicyclic) bond motifs is 7. The molecule has 0 atom stereocenters. The van der Waals surface area contributed by atoms with Crippen molar-refractivity contribution in [1.82, 2.24) is 0 Å². The van der Waals surface area contributed by atoms with Crippen LogP contribution in [-0.2, 0) is 0 Å². The van der Waals surface area contributed by atoms with Crippen LogP contribution in [0.1, 0.15) is 0 Å². The van der Waals surface area contributed by atoms with Gasteiger partial charge in [0, 0.05) is 78.5 Å². The fourth-order valence-corrected chi connectivity index (χ4v) is 19.6. The number of anilines is 12. The maximum Gasteiger partial charge on any atom is 0.252 e. The van der Waals surface area contributed by atoms with Gasteiger partial charge in [0.2, 0.25) is 0 Å². The van der Waals surface area contributed by atoms with Crippen molar-refractivity contribution < 1.29 is 0 Å². The van der Waals surface area contributed by atoms with Crippen molar-refractivity contribution in [3.8, 4) is 100 Å². The number of nitrogens with zero attached hydrogens (tertiary/aromatic N) is 4. The minimum atomic E-state index is -0.381. The van der Waals surface area contributed by atoms with E-state index in [1.807, 2.05) is 0 Å². The molecule has 5 heteroatoms. The van der Waals surface area contributed by atoms with Gasteiger partial charge in [0.05, 0.1) is 22.7 Å². The molecule has 2 aliphatic heterocycles. The van der Waals surface area contributed by atoms with Gasteiger partial charge in [-0.05, 0) is 219 Å². The van der Waals surface area contributed by atoms with Gasteiger partial charge in [-0.25, -0.2) is 0 Å². The molecule has 21 aromatic carbocycles. The topological polar surface area (TPSA) is 13.0 Å². The molecule has 0 aromatic heterocycles. The lowest BCUT2D eigenvalue weighted by Gasteiger charge is -2.46. The molecule has 2 aliphatic rings. The van der Waals surface area contributed by atoms with E-state index in [1.165, 1.54) is 10.8 Å². The second-order valence-electron chi connectivity index (χ2n) is 32.6. The zero-order valence-corrected chi connectivity index (χ0v) is 68.6. The molecule has 4 nitrogen and oxygen atoms in total. The Kier molecular flexibility index (Phi) is 18.7. The minimum Gasteiger partial charge on any atom is -0.310 e. The molecule has 21 aromatic rings. The van der Waals surface area contributed by atoms with Crippen molar-refractivity contribution in [3.63, 3.8) is 0 Å². The van der Waals surface area contributed by atoms with Crippen LogP contribution in [0.25, 0.3) is 132 Å². The maximum absolute atomic E-state index is 2.72. The van der Waals surface area contributed by atoms with Crippen LogP contribution in [0.4, 0.5) is 68.2 Å². The summed E-state index contributed by atoms with van der Waals surface area (Å²) in [5.41, 5.74) is 36.0. The van der Waals surface area contributed by atoms with Crippen molar-refractivity contribution in [2.24, 2.45) is 0 Å². The average Bonchev–Trinajstić information content (AvgIpc) is 0.684. The Morgan fingerprint density at radius 2 is 0.464 bits per heavy atom. The van der Waals surface area contributed by atoms with Gasteiger partial charge >= 0.3 is 0 Å². The first-order chi connectivity index (χ1) is 62.0. The molecule has 2 heterocycles. The molecule has 0 saturated carbocycles. The van der Waals surface area contributed by atoms with Crippen molar-refractivity contribution in [2.75, 3.05) is 19.6 Å². The Balaban J connectivity index is 0.894. The van der Waals surface area contributed by atoms with E-state index >= 15 is 0 Å². The lowest BCUT2D eigenvalue weighted by molar-refractivity contribution is 1.24. The molecule has 0 fully saturated rings. The van der Waals surface area contributed by atoms with Crippen molar-refractivity contribution in [1.29, 1.82) is 0 Å². The summed E-state index contributed by atoms with van der Waals surface area (Å²) in [5.74, 6) is 0. The van der Waals surface area contributed by atoms with E-state index in [2.05, 4.69) is 511 Å². The van der Waals surface area contributed by atoms with Gasteiger partial charge in [-0.3, -0.25) is 0 Å². The van der Waals surface area contributed by atoms with Gasteiger partial charge in [-0.1, -0.05) is 388 Å². The third kappa shape index (κ3) is 13.4. The van der Waals surface area contributed by atoms with Gasteiger partial charge < -0.3 is 19.6 Å². The highest BCUT2D eigenvalue weighted by atomic mass is 15.2. The molecule has 125 heavy (non-hydrogen) atoms. The zero-order valence-electron chi connectivity index (χ0n) is 68.6. The monoisotopic (exact) mass is 1590 g/mol. The number of hydrogen-bond donors (Lipinski definition) is 0. The summed E-state index contributed by atoms with van der Waals surface area (Å²) in [7, 11) is 0. The summed E-state index contributed by atoms with van der Waals surface area (Å²) in [6.07, 6.45) is 0. The van der Waals surface area contributed by atoms with Crippen LogP contribution in [0.15, 0.2) is 491 Å². The molecule has 0 spiro atoms. The van der Waals surface area contributed by atoms with Gasteiger partial charge in [0.25, 0.3) is 6.71 Å². The van der Waals surface area contributed by atoms with E-state index in [0.717, 1.165) is 206 Å². The highest BCUT2D eigenvalue weighted by Crippen LogP contribution is 2.57. The Labute approximate surface area is 729 Å². The first-order valence-electron chi connectivity index (χ1n) is 43.1. The average molecular weight is 1590 g/mol. The fraction of sp³-hybridized carbons (Fsp3) is 0. The van der Waals surface area contributed by atoms with Crippen molar-refractivity contribution in [3.05, 3.63) is 491 Å². The van der Waals surface area contributed by atoms with Crippen LogP contribution < -0.4 is 36.0 Å². The smallest absolute Gasteiger partial charge is 0.252 e. The Bertz CT molecular complexity index is 7060. The summed E-state index contributed by atoms with van der Waals surface area (Å²) < 4.78 is 0. The Morgan fingerprint density at radius 1 is 0.168 bits per heavy atom. The summed E-state index contributed by atoms with van der Waals surface area (Å²) in [6, 6.07) is 183. The summed E-state index contributed by atoms with van der Waals surface area (Å²) in [6.45, 7) is -0.381. The molecular weight excluding hydrogens is 1510 g/mol. The van der Waals surface area contributed by atoms with Crippen molar-refractivity contribution >= 4 is 124 Å². The second kappa shape index (κ2) is 31.7. The van der Waals surface area contributed by atoms with Crippen LogP contribution >= 0.6 is 0 Å². The largest absolute Gasteiger partial charge is 0.310 e. The quantitative estimate of drug-likeness (QED) is 0.0843. The standard InChI is InChI=1S/C120H81BN4/c1-7-33-82(34-8-1)90-47-25-51-95(74-90)106-61-31-62-107(96-52-26-48-91(75-96)83-35-9-2-10-36-83)119(106)124-114-80-102(122(100-55-15-5-16-56-100)112-65-29-45-87-42-21-23-59-104(87)112)69-71-110(114)121-111-72-70-103(123(101-57-17-6-18-58-101)113-66-30-46-88-43-22-24-60-105(88)113)81-115(111)125(117-79-99(78-116(124)118(117)121)94-68-67-86-41-19-20-44-89(86)73-94)120-108(97-53-27-49-92(76-97)84-37-11-3-12-38-84)63-32-64-109(120)98-54-28-50-93(77-98)85-39-13-4-14-40-85/h1-81H. The van der Waals surface area contributed by atoms with Gasteiger partial charge in [0.1, 0.15) is 0 Å². The van der Waals surface area contributed by atoms with E-state index in [0.29, 0.717) is 0 Å². The highest BCUT2D eigenvalue weighted by molar-refractivity contribution is 7.00. The zero-order chi connectivity index (χ0) is 82.7. The Morgan fingerprint density at radius 3 is 0.848 bits per heavy atom. The highest BCUT2D eigenvalue weighted by Gasteiger charge is 2.46. The second-order valence-corrected chi connectivity index (χ2v) is 32.6. The number of para-hydroxylation sites is 4. The van der Waals surface area contributed by atoms with Crippen LogP contribution in [0.5, 0.6) is 0 Å². The lowest BCUT2D eigenvalue weighted by atomic mass is 9.33. The normalized spacial score (nSPS) is 12.0. The van der Waals surface area contributed by atoms with Crippen LogP contribution in [0, 0.1) is 0 Å². The third-order valence-corrected chi connectivity index (χ3v) is 25.3. The molecule has 584 valence electrons. The summed E-state index contributed by atoms with van der Waals surface area (Å²) >= 11 is 0. The molecule has 0 amide bonds. The molecule has 0 saturated heterocycles. The van der Waals surface area contributed by atoms with Gasteiger partial charge in [-0.2, -0.15) is 0 Å². The Hall–Kier alpha value is -16.3. The van der Waals surface area contributed by atoms with E-state index in [9.17, 15) is 0 Å². The number of rotatable bonds is 17. The fourth-order valence-electron chi connectivity index (χ4n) is 19.6. The van der Waals surface area contributed by atoms with Crippen molar-refractivity contribution in [2.45, 2.75) is 0 Å². The predicted molar refractivity (Wildman–Crippen MR) is 531 cm³/mol. The number of hydrogen-bond acceptors (Lipinski definition) is 4. The molecule has 0 N–H and O–H groups in total. The van der Waals surface area contributed by atoms with Crippen LogP contribution in [0.3, 0.4) is 0 Å². The minimum absolute atomic E-state index is 0.381. The van der Waals surface area contributed by atoms with E-state index in [4.69, 9.17) is 0 Å². The third-order valence-electron chi connectivity index (χ3n) is 25.3. The predicted octanol–water partition coefficient (Wildman–Crippen LogP) is 31.2. The van der Waals surface area contributed by atoms with E-state index < -0.39 is 0 Å². The van der Waals surface area contributed by atoms with E-state index in [-0.39, 0.29) is 6.71 Å². The maximum atomic E-state index is 2.72. The first-order valence-corrected chi connectivity index (χ1v) is 43.1. The first kappa shape index (κ1) is 73.8. The van der Waals surface area contributed by atoms with Gasteiger partial charge in [0.15, 0.2) is 0 Å². The molecular formula is C120H81BN4. The van der Waals surface area contributed by atoms with E-state index in [1.54, 1.807) is 0 Å². The number of benzene rings is 21. The summed E-state index contributed by atoms with van der Waals surface area (Å²) in [4.78, 5) is 10.4. The molecule has 0 radical (unpaired) electrons. The molecule has 0 unspecified atom stereocenters. The molecule has 0 bridgehead atoms. The molecule has 0 aliphatic carbocycles. The van der Waals surface area contributed by atoms with Gasteiger partial charge in [-0.15, -0.1) is 0 Å².